The van der Waals surface area contributed by atoms with Crippen molar-refractivity contribution in [2.45, 2.75) is 25.8 Å². The van der Waals surface area contributed by atoms with E-state index in [0.29, 0.717) is 6.61 Å². The minimum absolute atomic E-state index is 0.0744. The van der Waals surface area contributed by atoms with Crippen LogP contribution in [0.15, 0.2) is 0 Å². The Hall–Kier alpha value is -0.610. The second kappa shape index (κ2) is 5.15. The second-order valence-corrected chi connectivity index (χ2v) is 5.14. The van der Waals surface area contributed by atoms with Gasteiger partial charge in [0.15, 0.2) is 0 Å². The van der Waals surface area contributed by atoms with Crippen molar-refractivity contribution in [3.05, 3.63) is 0 Å². The Labute approximate surface area is 97.3 Å². The molecule has 4 nitrogen and oxygen atoms in total. The highest BCUT2D eigenvalue weighted by molar-refractivity contribution is 5.81. The van der Waals surface area contributed by atoms with Gasteiger partial charge < -0.3 is 10.1 Å². The molecule has 1 atom stereocenters. The second-order valence-electron chi connectivity index (χ2n) is 5.14. The van der Waals surface area contributed by atoms with E-state index in [4.69, 9.17) is 4.74 Å². The van der Waals surface area contributed by atoms with Gasteiger partial charge in [-0.1, -0.05) is 6.92 Å². The topological polar surface area (TPSA) is 41.6 Å². The number of carbonyl (C=O) groups excluding carboxylic acids is 1. The number of hydrogen-bond donors (Lipinski definition) is 1. The number of nitrogens with one attached hydrogen (secondary N) is 1. The van der Waals surface area contributed by atoms with E-state index in [1.807, 2.05) is 0 Å². The number of carbonyl (C=O) groups is 1. The lowest BCUT2D eigenvalue weighted by Gasteiger charge is -2.41. The first-order valence-corrected chi connectivity index (χ1v) is 6.24. The van der Waals surface area contributed by atoms with Crippen molar-refractivity contribution in [3.8, 4) is 0 Å². The van der Waals surface area contributed by atoms with Crippen LogP contribution in [-0.4, -0.2) is 50.2 Å². The zero-order valence-electron chi connectivity index (χ0n) is 10.2. The van der Waals surface area contributed by atoms with Gasteiger partial charge in [-0.15, -0.1) is 0 Å². The fourth-order valence-electron chi connectivity index (χ4n) is 2.81. The number of amides is 1. The van der Waals surface area contributed by atoms with Crippen molar-refractivity contribution in [2.75, 3.05) is 33.4 Å². The van der Waals surface area contributed by atoms with Gasteiger partial charge >= 0.3 is 0 Å². The van der Waals surface area contributed by atoms with Gasteiger partial charge in [-0.2, -0.15) is 0 Å². The molecule has 1 unspecified atom stereocenters. The maximum atomic E-state index is 11.7. The number of rotatable bonds is 3. The average molecular weight is 226 g/mol. The standard InChI is InChI=1S/C12H22N2O2/c1-9-5-10(6-9)7-14-3-4-16-8-11(14)12(15)13-2/h9-11H,3-8H2,1-2H3,(H,13,15). The van der Waals surface area contributed by atoms with Crippen LogP contribution in [-0.2, 0) is 9.53 Å². The van der Waals surface area contributed by atoms with E-state index in [2.05, 4.69) is 17.1 Å². The summed E-state index contributed by atoms with van der Waals surface area (Å²) in [5.74, 6) is 1.76. The monoisotopic (exact) mass is 226 g/mol. The highest BCUT2D eigenvalue weighted by atomic mass is 16.5. The van der Waals surface area contributed by atoms with Gasteiger partial charge in [-0.3, -0.25) is 9.69 Å². The Morgan fingerprint density at radius 2 is 2.25 bits per heavy atom. The zero-order valence-corrected chi connectivity index (χ0v) is 10.2. The third-order valence-corrected chi connectivity index (χ3v) is 3.75. The van der Waals surface area contributed by atoms with E-state index in [1.165, 1.54) is 12.8 Å². The van der Waals surface area contributed by atoms with Gasteiger partial charge in [0.25, 0.3) is 0 Å². The van der Waals surface area contributed by atoms with Crippen LogP contribution in [0.5, 0.6) is 0 Å². The fraction of sp³-hybridized carbons (Fsp3) is 0.917. The van der Waals surface area contributed by atoms with Crippen LogP contribution in [0.4, 0.5) is 0 Å². The first kappa shape index (κ1) is 11.9. The Kier molecular flexibility index (Phi) is 3.82. The molecular weight excluding hydrogens is 204 g/mol. The van der Waals surface area contributed by atoms with E-state index in [-0.39, 0.29) is 11.9 Å². The Bertz CT molecular complexity index is 251. The smallest absolute Gasteiger partial charge is 0.239 e. The van der Waals surface area contributed by atoms with Gasteiger partial charge in [0.2, 0.25) is 5.91 Å². The molecule has 16 heavy (non-hydrogen) atoms. The van der Waals surface area contributed by atoms with Crippen LogP contribution in [0.2, 0.25) is 0 Å². The molecule has 2 fully saturated rings. The average Bonchev–Trinajstić information content (AvgIpc) is 2.27. The van der Waals surface area contributed by atoms with Gasteiger partial charge in [0.05, 0.1) is 13.2 Å². The van der Waals surface area contributed by atoms with Crippen LogP contribution < -0.4 is 5.32 Å². The molecule has 92 valence electrons. The maximum Gasteiger partial charge on any atom is 0.239 e. The molecule has 4 heteroatoms. The Morgan fingerprint density at radius 1 is 1.50 bits per heavy atom. The van der Waals surface area contributed by atoms with Gasteiger partial charge in [-0.05, 0) is 24.7 Å². The summed E-state index contributed by atoms with van der Waals surface area (Å²) in [5, 5.41) is 2.72. The van der Waals surface area contributed by atoms with Crippen LogP contribution in [0.3, 0.4) is 0 Å². The highest BCUT2D eigenvalue weighted by Crippen LogP contribution is 2.34. The first-order valence-electron chi connectivity index (χ1n) is 6.24. The lowest BCUT2D eigenvalue weighted by molar-refractivity contribution is -0.133. The van der Waals surface area contributed by atoms with Gasteiger partial charge in [-0.25, -0.2) is 0 Å². The van der Waals surface area contributed by atoms with E-state index < -0.39 is 0 Å². The maximum absolute atomic E-state index is 11.7. The van der Waals surface area contributed by atoms with E-state index in [9.17, 15) is 4.79 Å². The number of hydrogen-bond acceptors (Lipinski definition) is 3. The van der Waals surface area contributed by atoms with Crippen LogP contribution >= 0.6 is 0 Å². The molecule has 1 saturated heterocycles. The molecule has 2 rings (SSSR count). The lowest BCUT2D eigenvalue weighted by Crippen LogP contribution is -2.55. The minimum atomic E-state index is -0.0744. The summed E-state index contributed by atoms with van der Waals surface area (Å²) in [6.07, 6.45) is 2.63. The fourth-order valence-corrected chi connectivity index (χ4v) is 2.81. The third kappa shape index (κ3) is 2.55. The molecule has 1 aliphatic carbocycles. The van der Waals surface area contributed by atoms with Crippen LogP contribution in [0.25, 0.3) is 0 Å². The minimum Gasteiger partial charge on any atom is -0.378 e. The molecule has 1 saturated carbocycles. The normalized spacial score (nSPS) is 35.5. The number of likely N-dealkylation sites (N-methyl/N-ethyl adjacent to an activating group) is 1. The summed E-state index contributed by atoms with van der Waals surface area (Å²) in [4.78, 5) is 14.0. The molecule has 0 radical (unpaired) electrons. The van der Waals surface area contributed by atoms with Crippen molar-refractivity contribution >= 4 is 5.91 Å². The third-order valence-electron chi connectivity index (χ3n) is 3.75. The Balaban J connectivity index is 1.86. The van der Waals surface area contributed by atoms with E-state index >= 15 is 0 Å². The highest BCUT2D eigenvalue weighted by Gasteiger charge is 2.33. The summed E-state index contributed by atoms with van der Waals surface area (Å²) >= 11 is 0. The molecule has 2 aliphatic rings. The molecule has 1 heterocycles. The molecule has 1 aliphatic heterocycles. The molecule has 0 aromatic carbocycles. The predicted octanol–water partition coefficient (Wildman–Crippen LogP) is 0.479. The molecule has 0 aromatic heterocycles. The van der Waals surface area contributed by atoms with Crippen LogP contribution in [0, 0.1) is 11.8 Å². The van der Waals surface area contributed by atoms with Gasteiger partial charge in [0.1, 0.15) is 6.04 Å². The molecule has 1 amide bonds. The number of ether oxygens (including phenoxy) is 1. The predicted molar refractivity (Wildman–Crippen MR) is 62.1 cm³/mol. The van der Waals surface area contributed by atoms with Crippen molar-refractivity contribution < 1.29 is 9.53 Å². The molecule has 0 bridgehead atoms. The number of nitrogens with zero attached hydrogens (tertiary/aromatic N) is 1. The summed E-state index contributed by atoms with van der Waals surface area (Å²) in [7, 11) is 1.69. The first-order chi connectivity index (χ1) is 7.70. The van der Waals surface area contributed by atoms with Crippen molar-refractivity contribution in [1.82, 2.24) is 10.2 Å². The largest absolute Gasteiger partial charge is 0.378 e. The van der Waals surface area contributed by atoms with E-state index in [0.717, 1.165) is 31.5 Å². The zero-order chi connectivity index (χ0) is 11.5. The van der Waals surface area contributed by atoms with Crippen LogP contribution in [0.1, 0.15) is 19.8 Å². The van der Waals surface area contributed by atoms with Crippen molar-refractivity contribution in [3.63, 3.8) is 0 Å². The summed E-state index contributed by atoms with van der Waals surface area (Å²) in [6.45, 7) is 5.55. The molecule has 0 spiro atoms. The number of morpholine rings is 1. The lowest BCUT2D eigenvalue weighted by atomic mass is 9.76. The van der Waals surface area contributed by atoms with Gasteiger partial charge in [0, 0.05) is 20.1 Å². The van der Waals surface area contributed by atoms with E-state index in [1.54, 1.807) is 7.05 Å². The summed E-state index contributed by atoms with van der Waals surface area (Å²) < 4.78 is 5.39. The summed E-state index contributed by atoms with van der Waals surface area (Å²) in [5.41, 5.74) is 0. The molecule has 1 N–H and O–H groups in total. The van der Waals surface area contributed by atoms with Crippen molar-refractivity contribution in [1.29, 1.82) is 0 Å². The summed E-state index contributed by atoms with van der Waals surface area (Å²) in [6, 6.07) is -0.0744. The van der Waals surface area contributed by atoms with Crippen molar-refractivity contribution in [2.24, 2.45) is 11.8 Å². The Morgan fingerprint density at radius 3 is 2.88 bits per heavy atom. The SMILES string of the molecule is CNC(=O)C1COCCN1CC1CC(C)C1. The quantitative estimate of drug-likeness (QED) is 0.761. The molecule has 0 aromatic rings. The molecular formula is C12H22N2O2.